The van der Waals surface area contributed by atoms with E-state index in [1.807, 2.05) is 0 Å². The predicted molar refractivity (Wildman–Crippen MR) is 85.1 cm³/mol. The summed E-state index contributed by atoms with van der Waals surface area (Å²) in [6, 6.07) is 6.45. The summed E-state index contributed by atoms with van der Waals surface area (Å²) in [6.07, 6.45) is 0.329. The van der Waals surface area contributed by atoms with Crippen LogP contribution in [0.5, 0.6) is 0 Å². The number of carbonyl (C=O) groups is 2. The Bertz CT molecular complexity index is 702. The second-order valence-electron chi connectivity index (χ2n) is 5.31. The predicted octanol–water partition coefficient (Wildman–Crippen LogP) is 2.71. The molecule has 0 radical (unpaired) electrons. The molecule has 0 fully saturated rings. The van der Waals surface area contributed by atoms with Gasteiger partial charge < -0.3 is 10.4 Å². The summed E-state index contributed by atoms with van der Waals surface area (Å²) in [4.78, 5) is 26.8. The van der Waals surface area contributed by atoms with E-state index >= 15 is 0 Å². The number of carbonyl (C=O) groups excluding carboxylic acids is 1. The fraction of sp³-hybridized carbons (Fsp3) is 0.312. The molecular weight excluding hydrogens is 319 g/mol. The molecule has 2 rings (SSSR count). The smallest absolute Gasteiger partial charge is 0.303 e. The summed E-state index contributed by atoms with van der Waals surface area (Å²) in [6.45, 7) is 2.02. The van der Waals surface area contributed by atoms with Crippen LogP contribution in [0, 0.1) is 11.7 Å². The highest BCUT2D eigenvalue weighted by molar-refractivity contribution is 7.09. The van der Waals surface area contributed by atoms with Crippen LogP contribution in [-0.2, 0) is 11.2 Å². The highest BCUT2D eigenvalue weighted by atomic mass is 32.1. The summed E-state index contributed by atoms with van der Waals surface area (Å²) >= 11 is 1.29. The van der Waals surface area contributed by atoms with Gasteiger partial charge in [-0.2, -0.15) is 0 Å². The Hall–Kier alpha value is -2.28. The number of nitrogens with zero attached hydrogens (tertiary/aromatic N) is 1. The second kappa shape index (κ2) is 7.82. The third-order valence-corrected chi connectivity index (χ3v) is 4.07. The van der Waals surface area contributed by atoms with E-state index in [2.05, 4.69) is 10.3 Å². The molecule has 0 aliphatic heterocycles. The molecule has 0 aliphatic carbocycles. The van der Waals surface area contributed by atoms with E-state index in [-0.39, 0.29) is 36.3 Å². The monoisotopic (exact) mass is 336 g/mol. The van der Waals surface area contributed by atoms with Crippen molar-refractivity contribution in [2.24, 2.45) is 5.92 Å². The first-order chi connectivity index (χ1) is 11.0. The van der Waals surface area contributed by atoms with Crippen molar-refractivity contribution in [2.75, 3.05) is 6.54 Å². The first-order valence-corrected chi connectivity index (χ1v) is 8.01. The van der Waals surface area contributed by atoms with Crippen LogP contribution in [0.2, 0.25) is 0 Å². The molecule has 0 bridgehead atoms. The van der Waals surface area contributed by atoms with Crippen molar-refractivity contribution in [3.05, 3.63) is 51.7 Å². The average molecular weight is 336 g/mol. The van der Waals surface area contributed by atoms with Crippen molar-refractivity contribution in [3.63, 3.8) is 0 Å². The first kappa shape index (κ1) is 17.1. The van der Waals surface area contributed by atoms with Crippen molar-refractivity contribution < 1.29 is 19.1 Å². The number of thiazole rings is 1. The summed E-state index contributed by atoms with van der Waals surface area (Å²) in [5.41, 5.74) is 0.799. The largest absolute Gasteiger partial charge is 0.481 e. The maximum atomic E-state index is 13.6. The van der Waals surface area contributed by atoms with Gasteiger partial charge in [0, 0.05) is 24.8 Å². The average Bonchev–Trinajstić information content (AvgIpc) is 2.95. The van der Waals surface area contributed by atoms with E-state index in [4.69, 9.17) is 5.11 Å². The number of amides is 1. The van der Waals surface area contributed by atoms with Crippen LogP contribution in [0.3, 0.4) is 0 Å². The van der Waals surface area contributed by atoms with Gasteiger partial charge in [-0.3, -0.25) is 9.59 Å². The summed E-state index contributed by atoms with van der Waals surface area (Å²) in [7, 11) is 0. The van der Waals surface area contributed by atoms with E-state index in [9.17, 15) is 14.0 Å². The molecule has 7 heteroatoms. The zero-order valence-corrected chi connectivity index (χ0v) is 13.4. The van der Waals surface area contributed by atoms with Gasteiger partial charge in [0.15, 0.2) is 0 Å². The quantitative estimate of drug-likeness (QED) is 0.815. The van der Waals surface area contributed by atoms with Crippen LogP contribution in [0.25, 0.3) is 0 Å². The molecular formula is C16H17FN2O3S. The number of halogens is 1. The van der Waals surface area contributed by atoms with Gasteiger partial charge in [0.1, 0.15) is 11.5 Å². The van der Waals surface area contributed by atoms with Crippen molar-refractivity contribution in [2.45, 2.75) is 19.8 Å². The molecule has 1 heterocycles. The number of nitrogens with one attached hydrogen (secondary N) is 1. The lowest BCUT2D eigenvalue weighted by Gasteiger charge is -2.09. The molecule has 1 amide bonds. The summed E-state index contributed by atoms with van der Waals surface area (Å²) < 4.78 is 13.6. The number of carboxylic acid groups (broad SMARTS) is 1. The standard InChI is InChI=1S/C16H17FN2O3S/c1-10(6-15(20)21)8-18-16(22)13-9-23-14(19-13)7-11-4-2-3-5-12(11)17/h2-5,9-10H,6-8H2,1H3,(H,18,22)(H,20,21). The molecule has 5 nitrogen and oxygen atoms in total. The number of aromatic nitrogens is 1. The number of carboxylic acids is 1. The molecule has 1 unspecified atom stereocenters. The summed E-state index contributed by atoms with van der Waals surface area (Å²) in [5.74, 6) is -1.70. The lowest BCUT2D eigenvalue weighted by Crippen LogP contribution is -2.29. The third kappa shape index (κ3) is 5.14. The molecule has 0 spiro atoms. The van der Waals surface area contributed by atoms with Gasteiger partial charge in [0.25, 0.3) is 5.91 Å². The van der Waals surface area contributed by atoms with E-state index in [1.165, 1.54) is 17.4 Å². The van der Waals surface area contributed by atoms with Crippen molar-refractivity contribution in [3.8, 4) is 0 Å². The van der Waals surface area contributed by atoms with Gasteiger partial charge in [0.05, 0.1) is 5.01 Å². The molecule has 2 N–H and O–H groups in total. The fourth-order valence-corrected chi connectivity index (χ4v) is 2.83. The Morgan fingerprint density at radius 1 is 1.39 bits per heavy atom. The molecule has 0 saturated heterocycles. The third-order valence-electron chi connectivity index (χ3n) is 3.22. The molecule has 122 valence electrons. The van der Waals surface area contributed by atoms with E-state index in [1.54, 1.807) is 30.5 Å². The molecule has 1 aromatic heterocycles. The lowest BCUT2D eigenvalue weighted by molar-refractivity contribution is -0.137. The van der Waals surface area contributed by atoms with E-state index in [0.717, 1.165) is 0 Å². The maximum Gasteiger partial charge on any atom is 0.303 e. The molecule has 2 aromatic rings. The topological polar surface area (TPSA) is 79.3 Å². The second-order valence-corrected chi connectivity index (χ2v) is 6.25. The van der Waals surface area contributed by atoms with Crippen LogP contribution < -0.4 is 5.32 Å². The van der Waals surface area contributed by atoms with Crippen molar-refractivity contribution >= 4 is 23.2 Å². The van der Waals surface area contributed by atoms with Gasteiger partial charge in [-0.1, -0.05) is 25.1 Å². The van der Waals surface area contributed by atoms with Crippen LogP contribution >= 0.6 is 11.3 Å². The molecule has 23 heavy (non-hydrogen) atoms. The van der Waals surface area contributed by atoms with Gasteiger partial charge >= 0.3 is 5.97 Å². The van der Waals surface area contributed by atoms with Crippen LogP contribution in [-0.4, -0.2) is 28.5 Å². The molecule has 1 aromatic carbocycles. The van der Waals surface area contributed by atoms with Crippen molar-refractivity contribution in [1.82, 2.24) is 10.3 Å². The minimum Gasteiger partial charge on any atom is -0.481 e. The molecule has 0 aliphatic rings. The Morgan fingerprint density at radius 3 is 2.83 bits per heavy atom. The minimum absolute atomic E-state index is 0.00409. The van der Waals surface area contributed by atoms with Gasteiger partial charge in [-0.05, 0) is 17.5 Å². The number of benzene rings is 1. The first-order valence-electron chi connectivity index (χ1n) is 7.13. The van der Waals surface area contributed by atoms with E-state index in [0.29, 0.717) is 17.0 Å². The number of hydrogen-bond acceptors (Lipinski definition) is 4. The highest BCUT2D eigenvalue weighted by Gasteiger charge is 2.14. The lowest BCUT2D eigenvalue weighted by atomic mass is 10.1. The van der Waals surface area contributed by atoms with Crippen LogP contribution in [0.1, 0.15) is 34.4 Å². The van der Waals surface area contributed by atoms with Crippen molar-refractivity contribution in [1.29, 1.82) is 0 Å². The van der Waals surface area contributed by atoms with Gasteiger partial charge in [-0.15, -0.1) is 11.3 Å². The Kier molecular flexibility index (Phi) is 5.81. The Morgan fingerprint density at radius 2 is 2.13 bits per heavy atom. The van der Waals surface area contributed by atoms with Crippen LogP contribution in [0.15, 0.2) is 29.6 Å². The zero-order chi connectivity index (χ0) is 16.8. The number of aliphatic carboxylic acids is 1. The maximum absolute atomic E-state index is 13.6. The summed E-state index contributed by atoms with van der Waals surface area (Å²) in [5, 5.41) is 13.6. The fourth-order valence-electron chi connectivity index (χ4n) is 2.03. The number of hydrogen-bond donors (Lipinski definition) is 2. The Labute approximate surface area is 137 Å². The molecule has 1 atom stereocenters. The SMILES string of the molecule is CC(CNC(=O)c1csc(Cc2ccccc2F)n1)CC(=O)O. The molecule has 0 saturated carbocycles. The normalized spacial score (nSPS) is 11.9. The van der Waals surface area contributed by atoms with Gasteiger partial charge in [0.2, 0.25) is 0 Å². The minimum atomic E-state index is -0.896. The zero-order valence-electron chi connectivity index (χ0n) is 12.6. The number of rotatable bonds is 7. The Balaban J connectivity index is 1.92. The highest BCUT2D eigenvalue weighted by Crippen LogP contribution is 2.17. The van der Waals surface area contributed by atoms with E-state index < -0.39 is 5.97 Å². The van der Waals surface area contributed by atoms with Gasteiger partial charge in [-0.25, -0.2) is 9.37 Å². The van der Waals surface area contributed by atoms with Crippen LogP contribution in [0.4, 0.5) is 4.39 Å².